The molecule has 1 amide bonds. The van der Waals surface area contributed by atoms with Crippen LogP contribution >= 0.6 is 0 Å². The van der Waals surface area contributed by atoms with Crippen LogP contribution < -0.4 is 16.4 Å². The van der Waals surface area contributed by atoms with Gasteiger partial charge in [0, 0.05) is 11.4 Å². The second-order valence-corrected chi connectivity index (χ2v) is 9.26. The highest BCUT2D eigenvalue weighted by atomic mass is 19.4. The van der Waals surface area contributed by atoms with Crippen molar-refractivity contribution in [1.29, 1.82) is 5.26 Å². The Labute approximate surface area is 223 Å². The minimum absolute atomic E-state index is 0.0185. The molecule has 1 fully saturated rings. The van der Waals surface area contributed by atoms with Crippen LogP contribution in [0.15, 0.2) is 84.6 Å². The van der Waals surface area contributed by atoms with E-state index in [0.717, 1.165) is 24.5 Å². The van der Waals surface area contributed by atoms with Gasteiger partial charge in [-0.2, -0.15) is 18.4 Å². The first-order valence-electron chi connectivity index (χ1n) is 12.2. The fourth-order valence-electron chi connectivity index (χ4n) is 3.83. The fraction of sp³-hybridized carbons (Fsp3) is 0.241. The third-order valence-corrected chi connectivity index (χ3v) is 6.02. The second-order valence-electron chi connectivity index (χ2n) is 9.26. The average Bonchev–Trinajstić information content (AvgIpc) is 3.73. The number of amides is 1. The molecule has 1 aliphatic carbocycles. The lowest BCUT2D eigenvalue weighted by molar-refractivity contribution is -0.137. The Morgan fingerprint density at radius 2 is 1.77 bits per heavy atom. The Morgan fingerprint density at radius 1 is 1.03 bits per heavy atom. The Kier molecular flexibility index (Phi) is 8.64. The van der Waals surface area contributed by atoms with E-state index >= 15 is 0 Å². The van der Waals surface area contributed by atoms with E-state index in [2.05, 4.69) is 10.6 Å². The fourth-order valence-corrected chi connectivity index (χ4v) is 3.83. The van der Waals surface area contributed by atoms with Crippen LogP contribution in [0.5, 0.6) is 0 Å². The predicted octanol–water partition coefficient (Wildman–Crippen LogP) is 6.04. The van der Waals surface area contributed by atoms with Gasteiger partial charge in [-0.1, -0.05) is 36.4 Å². The molecule has 0 radical (unpaired) electrons. The summed E-state index contributed by atoms with van der Waals surface area (Å²) in [7, 11) is 0. The van der Waals surface area contributed by atoms with Crippen molar-refractivity contribution < 1.29 is 27.1 Å². The van der Waals surface area contributed by atoms with Crippen molar-refractivity contribution in [2.45, 2.75) is 31.2 Å². The predicted molar refractivity (Wildman–Crippen MR) is 139 cm³/mol. The first-order chi connectivity index (χ1) is 18.6. The number of nitrogens with one attached hydrogen (secondary N) is 2. The molecule has 202 valence electrons. The number of hydrogen-bond acceptors (Lipinski definition) is 5. The van der Waals surface area contributed by atoms with Crippen LogP contribution in [0.1, 0.15) is 35.6 Å². The van der Waals surface area contributed by atoms with Gasteiger partial charge in [0.1, 0.15) is 23.7 Å². The van der Waals surface area contributed by atoms with E-state index in [1.54, 1.807) is 0 Å². The van der Waals surface area contributed by atoms with Crippen molar-refractivity contribution in [3.8, 4) is 6.07 Å². The molecule has 10 heteroatoms. The molecule has 0 spiro atoms. The van der Waals surface area contributed by atoms with Crippen molar-refractivity contribution in [3.05, 3.63) is 107 Å². The van der Waals surface area contributed by atoms with Crippen molar-refractivity contribution in [2.24, 2.45) is 11.7 Å². The van der Waals surface area contributed by atoms with E-state index < -0.39 is 35.7 Å². The van der Waals surface area contributed by atoms with Crippen molar-refractivity contribution in [3.63, 3.8) is 0 Å². The number of alkyl halides is 3. The highest BCUT2D eigenvalue weighted by molar-refractivity contribution is 6.05. The molecule has 2 unspecified atom stereocenters. The summed E-state index contributed by atoms with van der Waals surface area (Å²) in [4.78, 5) is 13.1. The van der Waals surface area contributed by atoms with Gasteiger partial charge in [-0.15, -0.1) is 0 Å². The van der Waals surface area contributed by atoms with Crippen molar-refractivity contribution in [2.75, 3.05) is 17.2 Å². The molecule has 0 aliphatic heterocycles. The van der Waals surface area contributed by atoms with Crippen LogP contribution in [0.25, 0.3) is 0 Å². The number of ether oxygens (including phenoxy) is 1. The van der Waals surface area contributed by atoms with Gasteiger partial charge >= 0.3 is 6.18 Å². The summed E-state index contributed by atoms with van der Waals surface area (Å²) in [5, 5.41) is 14.2. The third-order valence-electron chi connectivity index (χ3n) is 6.02. The van der Waals surface area contributed by atoms with Gasteiger partial charge in [-0.05, 0) is 72.4 Å². The molecule has 0 aromatic heterocycles. The van der Waals surface area contributed by atoms with E-state index in [1.165, 1.54) is 36.4 Å². The topological polar surface area (TPSA) is 100 Å². The molecule has 3 aromatic rings. The quantitative estimate of drug-likeness (QED) is 0.216. The Bertz CT molecular complexity index is 1380. The van der Waals surface area contributed by atoms with Crippen LogP contribution in [0.2, 0.25) is 0 Å². The number of nitrogens with two attached hydrogens (primary N) is 1. The Hall–Kier alpha value is -4.20. The third kappa shape index (κ3) is 7.89. The SMILES string of the molecule is N#Cc1cccc(N/C(=C\C(N)C(F)(F)F)C(=O)Nc2cc(F)cc(C(OCC3CC3)c3ccccc3)c2)c1. The standard InChI is InChI=1S/C29H26F4N4O2/c30-22-12-21(27(39-17-18-9-10-18)20-6-2-1-3-7-20)13-24(14-22)37-28(38)25(15-26(35)29(31,32)33)36-23-8-4-5-19(11-23)16-34/h1-8,11-15,18,26-27,36H,9-10,17,35H2,(H,37,38)/b25-15-. The van der Waals surface area contributed by atoms with Crippen LogP contribution in [0, 0.1) is 23.1 Å². The summed E-state index contributed by atoms with van der Waals surface area (Å²) >= 11 is 0. The molecule has 2 atom stereocenters. The Morgan fingerprint density at radius 3 is 2.44 bits per heavy atom. The maximum Gasteiger partial charge on any atom is 0.407 e. The zero-order chi connectivity index (χ0) is 28.0. The number of nitrogens with zero attached hydrogens (tertiary/aromatic N) is 1. The highest BCUT2D eigenvalue weighted by Gasteiger charge is 2.36. The lowest BCUT2D eigenvalue weighted by Crippen LogP contribution is -2.37. The van der Waals surface area contributed by atoms with Gasteiger partial charge in [0.25, 0.3) is 5.91 Å². The van der Waals surface area contributed by atoms with E-state index in [9.17, 15) is 22.4 Å². The smallest absolute Gasteiger partial charge is 0.368 e. The second kappa shape index (κ2) is 12.1. The Balaban J connectivity index is 1.62. The molecule has 3 aromatic carbocycles. The van der Waals surface area contributed by atoms with E-state index in [4.69, 9.17) is 15.7 Å². The van der Waals surface area contributed by atoms with Crippen LogP contribution in [-0.2, 0) is 9.53 Å². The zero-order valence-corrected chi connectivity index (χ0v) is 20.7. The largest absolute Gasteiger partial charge is 0.407 e. The molecule has 0 bridgehead atoms. The average molecular weight is 539 g/mol. The number of anilines is 2. The summed E-state index contributed by atoms with van der Waals surface area (Å²) < 4.78 is 60.5. The van der Waals surface area contributed by atoms with Crippen molar-refractivity contribution >= 4 is 17.3 Å². The molecule has 1 saturated carbocycles. The van der Waals surface area contributed by atoms with E-state index in [1.807, 2.05) is 36.4 Å². The summed E-state index contributed by atoms with van der Waals surface area (Å²) in [6.45, 7) is 0.492. The van der Waals surface area contributed by atoms with Gasteiger partial charge in [-0.25, -0.2) is 4.39 Å². The van der Waals surface area contributed by atoms with Crippen LogP contribution in [0.3, 0.4) is 0 Å². The molecule has 39 heavy (non-hydrogen) atoms. The minimum atomic E-state index is -4.81. The molecule has 0 saturated heterocycles. The van der Waals surface area contributed by atoms with E-state index in [0.29, 0.717) is 24.2 Å². The lowest BCUT2D eigenvalue weighted by Gasteiger charge is -2.20. The van der Waals surface area contributed by atoms with Gasteiger partial charge < -0.3 is 21.1 Å². The number of carbonyl (C=O) groups excluding carboxylic acids is 1. The maximum absolute atomic E-state index is 14.7. The number of nitriles is 1. The van der Waals surface area contributed by atoms with Crippen LogP contribution in [-0.4, -0.2) is 24.7 Å². The molecule has 4 N–H and O–H groups in total. The number of benzene rings is 3. The number of carbonyl (C=O) groups is 1. The van der Waals surface area contributed by atoms with Crippen LogP contribution in [0.4, 0.5) is 28.9 Å². The van der Waals surface area contributed by atoms with Gasteiger partial charge in [0.05, 0.1) is 18.2 Å². The van der Waals surface area contributed by atoms with E-state index in [-0.39, 0.29) is 16.9 Å². The molecular weight excluding hydrogens is 512 g/mol. The van der Waals surface area contributed by atoms with Gasteiger partial charge in [0.15, 0.2) is 0 Å². The van der Waals surface area contributed by atoms with Gasteiger partial charge in [0.2, 0.25) is 0 Å². The molecule has 4 rings (SSSR count). The normalized spacial score (nSPS) is 15.2. The first-order valence-corrected chi connectivity index (χ1v) is 12.2. The maximum atomic E-state index is 14.7. The van der Waals surface area contributed by atoms with Gasteiger partial charge in [-0.3, -0.25) is 4.79 Å². The lowest BCUT2D eigenvalue weighted by atomic mass is 10.0. The minimum Gasteiger partial charge on any atom is -0.368 e. The van der Waals surface area contributed by atoms with Crippen molar-refractivity contribution in [1.82, 2.24) is 0 Å². The summed E-state index contributed by atoms with van der Waals surface area (Å²) in [6.07, 6.45) is -2.77. The number of halogens is 4. The molecule has 1 aliphatic rings. The summed E-state index contributed by atoms with van der Waals surface area (Å²) in [6, 6.07) is 18.4. The summed E-state index contributed by atoms with van der Waals surface area (Å²) in [5.41, 5.74) is 6.40. The number of hydrogen-bond donors (Lipinski definition) is 3. The monoisotopic (exact) mass is 538 g/mol. The molecular formula is C29H26F4N4O2. The number of rotatable bonds is 10. The molecule has 0 heterocycles. The highest BCUT2D eigenvalue weighted by Crippen LogP contribution is 2.34. The summed E-state index contributed by atoms with van der Waals surface area (Å²) in [5.74, 6) is -1.20. The molecule has 6 nitrogen and oxygen atoms in total. The first kappa shape index (κ1) is 27.8. The zero-order valence-electron chi connectivity index (χ0n) is 20.7.